The zero-order chi connectivity index (χ0) is 8.15. The molecule has 0 aliphatic heterocycles. The van der Waals surface area contributed by atoms with Gasteiger partial charge in [0.15, 0.2) is 0 Å². The predicted molar refractivity (Wildman–Crippen MR) is 52.7 cm³/mol. The lowest BCUT2D eigenvalue weighted by Gasteiger charge is -2.20. The Morgan fingerprint density at radius 3 is 2.00 bits per heavy atom. The summed E-state index contributed by atoms with van der Waals surface area (Å²) < 4.78 is 1.59. The van der Waals surface area contributed by atoms with Gasteiger partial charge in [0, 0.05) is 0 Å². The maximum absolute atomic E-state index is 5.73. The van der Waals surface area contributed by atoms with Gasteiger partial charge in [-0.05, 0) is 6.20 Å². The maximum atomic E-state index is 5.73. The molecular formula is C4H7BCl3NSi. The van der Waals surface area contributed by atoms with Gasteiger partial charge in [-0.3, -0.25) is 0 Å². The van der Waals surface area contributed by atoms with Crippen LogP contribution in [-0.2, 0) is 0 Å². The van der Waals surface area contributed by atoms with Crippen molar-refractivity contribution in [2.45, 2.75) is 0 Å². The largest absolute Gasteiger partial charge is 0.411 e. The number of halogens is 3. The summed E-state index contributed by atoms with van der Waals surface area (Å²) in [6.07, 6.45) is 1.18. The van der Waals surface area contributed by atoms with E-state index in [0.29, 0.717) is 0 Å². The Morgan fingerprint density at radius 2 is 1.90 bits per heavy atom. The fraction of sp³-hybridized carbons (Fsp3) is 0. The van der Waals surface area contributed by atoms with E-state index >= 15 is 0 Å². The molecule has 6 heteroatoms. The summed E-state index contributed by atoms with van der Waals surface area (Å²) in [6.45, 7) is 7.01. The first-order valence-corrected chi connectivity index (χ1v) is 7.02. The molecule has 0 aromatic rings. The molecule has 0 fully saturated rings. The SMILES string of the molecule is C=CB(Cl)N(C=C)[SiH](Cl)Cl. The van der Waals surface area contributed by atoms with Crippen molar-refractivity contribution >= 4 is 47.5 Å². The molecule has 10 heavy (non-hydrogen) atoms. The van der Waals surface area contributed by atoms with E-state index in [9.17, 15) is 0 Å². The first kappa shape index (κ1) is 10.4. The number of rotatable bonds is 4. The Kier molecular flexibility index (Phi) is 5.35. The predicted octanol–water partition coefficient (Wildman–Crippen LogP) is 2.08. The second-order valence-electron chi connectivity index (χ2n) is 1.52. The third kappa shape index (κ3) is 3.01. The van der Waals surface area contributed by atoms with Crippen LogP contribution in [0.25, 0.3) is 0 Å². The summed E-state index contributed by atoms with van der Waals surface area (Å²) in [5.74, 6) is 1.55. The van der Waals surface area contributed by atoms with Gasteiger partial charge >= 0.3 is 13.8 Å². The van der Waals surface area contributed by atoms with Crippen LogP contribution in [-0.4, -0.2) is 18.3 Å². The molecule has 0 unspecified atom stereocenters. The maximum Gasteiger partial charge on any atom is 0.380 e. The summed E-state index contributed by atoms with van der Waals surface area (Å²) in [5.41, 5.74) is 0. The molecule has 0 aliphatic carbocycles. The van der Waals surface area contributed by atoms with Crippen LogP contribution < -0.4 is 0 Å². The lowest BCUT2D eigenvalue weighted by molar-refractivity contribution is 0.951. The normalized spacial score (nSPS) is 9.20. The zero-order valence-electron chi connectivity index (χ0n) is 5.30. The molecule has 0 aromatic heterocycles. The molecule has 0 atom stereocenters. The number of hydrogen-bond donors (Lipinski definition) is 0. The monoisotopic (exact) mass is 213 g/mol. The van der Waals surface area contributed by atoms with E-state index in [1.807, 2.05) is 0 Å². The highest BCUT2D eigenvalue weighted by molar-refractivity contribution is 7.36. The van der Waals surface area contributed by atoms with E-state index in [2.05, 4.69) is 13.2 Å². The van der Waals surface area contributed by atoms with E-state index in [1.54, 1.807) is 10.5 Å². The Morgan fingerprint density at radius 1 is 1.40 bits per heavy atom. The van der Waals surface area contributed by atoms with Crippen LogP contribution in [0, 0.1) is 0 Å². The van der Waals surface area contributed by atoms with Gasteiger partial charge in [-0.25, -0.2) is 0 Å². The van der Waals surface area contributed by atoms with Crippen molar-refractivity contribution in [1.82, 2.24) is 4.48 Å². The Hall–Kier alpha value is 0.432. The van der Waals surface area contributed by atoms with Crippen LogP contribution in [0.4, 0.5) is 0 Å². The third-order valence-electron chi connectivity index (χ3n) is 0.916. The average Bonchev–Trinajstić information content (AvgIpc) is 1.88. The lowest BCUT2D eigenvalue weighted by atomic mass is 9.94. The molecule has 56 valence electrons. The Bertz CT molecular complexity index is 132. The van der Waals surface area contributed by atoms with Gasteiger partial charge in [-0.1, -0.05) is 12.6 Å². The third-order valence-corrected chi connectivity index (χ3v) is 3.84. The summed E-state index contributed by atoms with van der Waals surface area (Å²) in [7, 11) is -1.90. The summed E-state index contributed by atoms with van der Waals surface area (Å²) >= 11 is 17.0. The van der Waals surface area contributed by atoms with Crippen LogP contribution in [0.3, 0.4) is 0 Å². The number of nitrogens with zero attached hydrogens (tertiary/aromatic N) is 1. The van der Waals surface area contributed by atoms with Crippen LogP contribution in [0.15, 0.2) is 25.3 Å². The standard InChI is InChI=1S/C4H7BCl3NSi/c1-3-5(6)9(4-2)10(7)8/h3-4,10H,1-2H2. The molecule has 0 heterocycles. The first-order valence-electron chi connectivity index (χ1n) is 2.58. The minimum absolute atomic E-state index is 0.343. The molecule has 0 aliphatic rings. The molecule has 0 spiro atoms. The van der Waals surface area contributed by atoms with E-state index in [-0.39, 0.29) is 6.26 Å². The van der Waals surface area contributed by atoms with Crippen LogP contribution in [0.5, 0.6) is 0 Å². The van der Waals surface area contributed by atoms with Crippen molar-refractivity contribution in [3.8, 4) is 0 Å². The van der Waals surface area contributed by atoms with Gasteiger partial charge in [0.1, 0.15) is 0 Å². The highest BCUT2D eigenvalue weighted by atomic mass is 35.7. The average molecular weight is 214 g/mol. The Labute approximate surface area is 77.4 Å². The second kappa shape index (κ2) is 5.13. The second-order valence-corrected chi connectivity index (χ2v) is 6.27. The summed E-state index contributed by atoms with van der Waals surface area (Å²) in [6, 6.07) is 0. The van der Waals surface area contributed by atoms with E-state index in [1.165, 1.54) is 6.20 Å². The molecule has 1 nitrogen and oxygen atoms in total. The van der Waals surface area contributed by atoms with E-state index < -0.39 is 7.58 Å². The van der Waals surface area contributed by atoms with Crippen molar-refractivity contribution in [3.63, 3.8) is 0 Å². The van der Waals surface area contributed by atoms with Crippen molar-refractivity contribution in [3.05, 3.63) is 25.3 Å². The molecule has 0 saturated carbocycles. The van der Waals surface area contributed by atoms with Gasteiger partial charge in [0.05, 0.1) is 0 Å². The molecular weight excluding hydrogens is 207 g/mol. The zero-order valence-corrected chi connectivity index (χ0v) is 8.73. The van der Waals surface area contributed by atoms with Crippen molar-refractivity contribution in [1.29, 1.82) is 0 Å². The van der Waals surface area contributed by atoms with Crippen LogP contribution in [0.1, 0.15) is 0 Å². The van der Waals surface area contributed by atoms with Gasteiger partial charge in [0.2, 0.25) is 0 Å². The van der Waals surface area contributed by atoms with Crippen LogP contribution in [0.2, 0.25) is 0 Å². The van der Waals surface area contributed by atoms with Crippen LogP contribution >= 0.6 is 33.6 Å². The van der Waals surface area contributed by atoms with Gasteiger partial charge in [-0.15, -0.1) is 28.7 Å². The molecule has 0 bridgehead atoms. The Balaban J connectivity index is 4.04. The van der Waals surface area contributed by atoms with Gasteiger partial charge in [0.25, 0.3) is 0 Å². The van der Waals surface area contributed by atoms with Gasteiger partial charge < -0.3 is 4.48 Å². The van der Waals surface area contributed by atoms with E-state index in [0.717, 1.165) is 0 Å². The van der Waals surface area contributed by atoms with E-state index in [4.69, 9.17) is 33.6 Å². The van der Waals surface area contributed by atoms with Crippen molar-refractivity contribution in [2.75, 3.05) is 0 Å². The molecule has 0 aromatic carbocycles. The van der Waals surface area contributed by atoms with Crippen molar-refractivity contribution < 1.29 is 0 Å². The molecule has 0 amide bonds. The minimum Gasteiger partial charge on any atom is -0.411 e. The van der Waals surface area contributed by atoms with Gasteiger partial charge in [-0.2, -0.15) is 11.5 Å². The number of hydrogen-bond acceptors (Lipinski definition) is 1. The first-order chi connectivity index (χ1) is 4.63. The summed E-state index contributed by atoms with van der Waals surface area (Å²) in [5, 5.41) is 0. The lowest BCUT2D eigenvalue weighted by Crippen LogP contribution is -2.35. The fourth-order valence-electron chi connectivity index (χ4n) is 0.410. The minimum atomic E-state index is -1.90. The smallest absolute Gasteiger partial charge is 0.380 e. The molecule has 0 radical (unpaired) electrons. The fourth-order valence-corrected chi connectivity index (χ4v) is 2.88. The molecule has 0 N–H and O–H groups in total. The highest BCUT2D eigenvalue weighted by Gasteiger charge is 2.20. The van der Waals surface area contributed by atoms with Crippen molar-refractivity contribution in [2.24, 2.45) is 0 Å². The summed E-state index contributed by atoms with van der Waals surface area (Å²) in [4.78, 5) is 0. The quantitative estimate of drug-likeness (QED) is 0.511. The molecule has 0 saturated heterocycles. The topological polar surface area (TPSA) is 3.24 Å². The molecule has 0 rings (SSSR count). The highest BCUT2D eigenvalue weighted by Crippen LogP contribution is 2.10.